The average Bonchev–Trinajstić information content (AvgIpc) is 3.16. The molecule has 2 heterocycles. The van der Waals surface area contributed by atoms with Crippen LogP contribution in [-0.2, 0) is 13.0 Å². The van der Waals surface area contributed by atoms with E-state index in [1.54, 1.807) is 24.5 Å². The summed E-state index contributed by atoms with van der Waals surface area (Å²) in [6.07, 6.45) is 4.76. The molecule has 0 aliphatic rings. The predicted molar refractivity (Wildman–Crippen MR) is 126 cm³/mol. The van der Waals surface area contributed by atoms with E-state index >= 15 is 0 Å². The number of nitrogens with one attached hydrogen (secondary N) is 1. The first-order valence-corrected chi connectivity index (χ1v) is 10.9. The van der Waals surface area contributed by atoms with Crippen LogP contribution in [0.5, 0.6) is 5.75 Å². The molecule has 0 aliphatic heterocycles. The largest absolute Gasteiger partial charge is 0.493 e. The third-order valence-corrected chi connectivity index (χ3v) is 5.44. The first-order chi connectivity index (χ1) is 15.6. The van der Waals surface area contributed by atoms with Gasteiger partial charge in [0.15, 0.2) is 0 Å². The zero-order valence-corrected chi connectivity index (χ0v) is 18.5. The van der Waals surface area contributed by atoms with Gasteiger partial charge in [-0.25, -0.2) is 4.98 Å². The Hall–Kier alpha value is -3.67. The fraction of sp³-hybridized carbons (Fsp3) is 0.269. The van der Waals surface area contributed by atoms with Gasteiger partial charge >= 0.3 is 0 Å². The number of pyridine rings is 1. The minimum absolute atomic E-state index is 0.100. The first-order valence-electron chi connectivity index (χ1n) is 10.9. The highest BCUT2D eigenvalue weighted by Gasteiger charge is 2.11. The Balaban J connectivity index is 1.39. The summed E-state index contributed by atoms with van der Waals surface area (Å²) in [5.74, 6) is 1.81. The monoisotopic (exact) mass is 428 g/mol. The number of imidazole rings is 1. The minimum Gasteiger partial charge on any atom is -0.493 e. The summed E-state index contributed by atoms with van der Waals surface area (Å²) in [7, 11) is 0. The Labute approximate surface area is 188 Å². The smallest absolute Gasteiger partial charge is 0.251 e. The molecule has 0 fully saturated rings. The summed E-state index contributed by atoms with van der Waals surface area (Å²) < 4.78 is 8.27. The third-order valence-electron chi connectivity index (χ3n) is 5.44. The SMILES string of the molecule is Cc1ccc(C)c(OCCCn2c(CCNC(=O)c3ccncc3)nc3ccccc32)c1. The van der Waals surface area contributed by atoms with E-state index in [4.69, 9.17) is 9.72 Å². The van der Waals surface area contributed by atoms with Crippen molar-refractivity contribution in [2.45, 2.75) is 33.2 Å². The van der Waals surface area contributed by atoms with E-state index in [-0.39, 0.29) is 5.91 Å². The zero-order chi connectivity index (χ0) is 22.3. The Kier molecular flexibility index (Phi) is 6.80. The van der Waals surface area contributed by atoms with Crippen LogP contribution in [0.4, 0.5) is 0 Å². The van der Waals surface area contributed by atoms with Crippen LogP contribution in [0.3, 0.4) is 0 Å². The maximum atomic E-state index is 12.3. The second kappa shape index (κ2) is 10.1. The molecule has 0 spiro atoms. The molecule has 4 rings (SSSR count). The van der Waals surface area contributed by atoms with E-state index in [1.807, 2.05) is 18.2 Å². The molecular weight excluding hydrogens is 400 g/mol. The van der Waals surface area contributed by atoms with E-state index in [0.717, 1.165) is 41.1 Å². The lowest BCUT2D eigenvalue weighted by atomic mass is 10.1. The van der Waals surface area contributed by atoms with Crippen molar-refractivity contribution in [1.29, 1.82) is 0 Å². The predicted octanol–water partition coefficient (Wildman–Crippen LogP) is 4.49. The van der Waals surface area contributed by atoms with E-state index in [9.17, 15) is 4.79 Å². The summed E-state index contributed by atoms with van der Waals surface area (Å²) in [6.45, 7) is 6.09. The average molecular weight is 429 g/mol. The number of carbonyl (C=O) groups excluding carboxylic acids is 1. The Bertz CT molecular complexity index is 1200. The molecule has 1 amide bonds. The number of benzene rings is 2. The molecule has 0 saturated carbocycles. The summed E-state index contributed by atoms with van der Waals surface area (Å²) in [5, 5.41) is 2.97. The summed E-state index contributed by atoms with van der Waals surface area (Å²) in [5.41, 5.74) is 5.03. The number of aryl methyl sites for hydroxylation is 3. The lowest BCUT2D eigenvalue weighted by Crippen LogP contribution is -2.26. The number of nitrogens with zero attached hydrogens (tertiary/aromatic N) is 3. The lowest BCUT2D eigenvalue weighted by molar-refractivity contribution is 0.0954. The minimum atomic E-state index is -0.100. The molecule has 2 aromatic heterocycles. The highest BCUT2D eigenvalue weighted by molar-refractivity contribution is 5.93. The number of ether oxygens (including phenoxy) is 1. The van der Waals surface area contributed by atoms with Crippen LogP contribution in [0, 0.1) is 13.8 Å². The van der Waals surface area contributed by atoms with Crippen molar-refractivity contribution in [3.8, 4) is 5.75 Å². The Morgan fingerprint density at radius 2 is 1.88 bits per heavy atom. The van der Waals surface area contributed by atoms with Gasteiger partial charge in [-0.2, -0.15) is 0 Å². The number of carbonyl (C=O) groups is 1. The highest BCUT2D eigenvalue weighted by Crippen LogP contribution is 2.20. The molecule has 0 radical (unpaired) electrons. The van der Waals surface area contributed by atoms with Gasteiger partial charge in [0.25, 0.3) is 5.91 Å². The molecule has 0 unspecified atom stereocenters. The summed E-state index contributed by atoms with van der Waals surface area (Å²) in [6, 6.07) is 17.8. The van der Waals surface area contributed by atoms with Crippen molar-refractivity contribution in [2.75, 3.05) is 13.2 Å². The van der Waals surface area contributed by atoms with E-state index in [2.05, 4.69) is 53.0 Å². The van der Waals surface area contributed by atoms with Gasteiger partial charge in [0, 0.05) is 37.5 Å². The third kappa shape index (κ3) is 5.14. The molecule has 0 atom stereocenters. The molecule has 32 heavy (non-hydrogen) atoms. The van der Waals surface area contributed by atoms with Gasteiger partial charge < -0.3 is 14.6 Å². The van der Waals surface area contributed by atoms with E-state index in [0.29, 0.717) is 25.1 Å². The van der Waals surface area contributed by atoms with Crippen molar-refractivity contribution in [3.05, 3.63) is 89.5 Å². The molecule has 0 bridgehead atoms. The van der Waals surface area contributed by atoms with Crippen molar-refractivity contribution in [3.63, 3.8) is 0 Å². The molecule has 2 aromatic carbocycles. The van der Waals surface area contributed by atoms with Crippen LogP contribution >= 0.6 is 0 Å². The maximum Gasteiger partial charge on any atom is 0.251 e. The number of hydrogen-bond acceptors (Lipinski definition) is 4. The normalized spacial score (nSPS) is 10.9. The van der Waals surface area contributed by atoms with Crippen LogP contribution in [0.25, 0.3) is 11.0 Å². The fourth-order valence-electron chi connectivity index (χ4n) is 3.73. The van der Waals surface area contributed by atoms with Gasteiger partial charge in [0.05, 0.1) is 17.6 Å². The maximum absolute atomic E-state index is 12.3. The van der Waals surface area contributed by atoms with Crippen LogP contribution in [0.15, 0.2) is 67.0 Å². The van der Waals surface area contributed by atoms with Crippen molar-refractivity contribution in [1.82, 2.24) is 19.9 Å². The van der Waals surface area contributed by atoms with Crippen LogP contribution in [0.2, 0.25) is 0 Å². The second-order valence-corrected chi connectivity index (χ2v) is 7.88. The topological polar surface area (TPSA) is 69.0 Å². The highest BCUT2D eigenvalue weighted by atomic mass is 16.5. The van der Waals surface area contributed by atoms with Crippen LogP contribution in [0.1, 0.15) is 33.7 Å². The first kappa shape index (κ1) is 21.6. The van der Waals surface area contributed by atoms with Gasteiger partial charge in [-0.15, -0.1) is 0 Å². The van der Waals surface area contributed by atoms with E-state index < -0.39 is 0 Å². The number of amides is 1. The molecule has 0 aliphatic carbocycles. The molecule has 164 valence electrons. The number of fused-ring (bicyclic) bond motifs is 1. The van der Waals surface area contributed by atoms with Crippen molar-refractivity contribution < 1.29 is 9.53 Å². The van der Waals surface area contributed by atoms with E-state index in [1.165, 1.54) is 5.56 Å². The quantitative estimate of drug-likeness (QED) is 0.399. The van der Waals surface area contributed by atoms with Crippen molar-refractivity contribution >= 4 is 16.9 Å². The summed E-state index contributed by atoms with van der Waals surface area (Å²) >= 11 is 0. The molecular formula is C26H28N4O2. The van der Waals surface area contributed by atoms with Gasteiger partial charge in [-0.1, -0.05) is 24.3 Å². The van der Waals surface area contributed by atoms with Gasteiger partial charge in [0.1, 0.15) is 11.6 Å². The zero-order valence-electron chi connectivity index (χ0n) is 18.5. The van der Waals surface area contributed by atoms with Gasteiger partial charge in [-0.05, 0) is 61.7 Å². The number of aromatic nitrogens is 3. The van der Waals surface area contributed by atoms with Gasteiger partial charge in [0.2, 0.25) is 0 Å². The number of rotatable bonds is 9. The van der Waals surface area contributed by atoms with Crippen molar-refractivity contribution in [2.24, 2.45) is 0 Å². The molecule has 6 heteroatoms. The fourth-order valence-corrected chi connectivity index (χ4v) is 3.73. The van der Waals surface area contributed by atoms with Crippen LogP contribution in [-0.4, -0.2) is 33.6 Å². The molecule has 1 N–H and O–H groups in total. The number of para-hydroxylation sites is 2. The van der Waals surface area contributed by atoms with Crippen LogP contribution < -0.4 is 10.1 Å². The molecule has 4 aromatic rings. The standard InChI is InChI=1S/C26H28N4O2/c1-19-8-9-20(2)24(18-19)32-17-5-16-30-23-7-4-3-6-22(23)29-25(30)12-15-28-26(31)21-10-13-27-14-11-21/h3-4,6-11,13-14,18H,5,12,15-17H2,1-2H3,(H,28,31). The second-order valence-electron chi connectivity index (χ2n) is 7.88. The Morgan fingerprint density at radius 1 is 1.06 bits per heavy atom. The number of hydrogen-bond donors (Lipinski definition) is 1. The van der Waals surface area contributed by atoms with Gasteiger partial charge in [-0.3, -0.25) is 9.78 Å². The summed E-state index contributed by atoms with van der Waals surface area (Å²) in [4.78, 5) is 21.1. The Morgan fingerprint density at radius 3 is 2.72 bits per heavy atom. The lowest BCUT2D eigenvalue weighted by Gasteiger charge is -2.12. The molecule has 0 saturated heterocycles. The molecule has 6 nitrogen and oxygen atoms in total.